The minimum Gasteiger partial charge on any atom is -0.497 e. The number of carbonyl (C=O) groups is 1. The molecule has 4 rings (SSSR count). The Balaban J connectivity index is 1.88. The van der Waals surface area contributed by atoms with Crippen molar-refractivity contribution in [1.29, 1.82) is 0 Å². The summed E-state index contributed by atoms with van der Waals surface area (Å²) >= 11 is 1.59. The van der Waals surface area contributed by atoms with Crippen LogP contribution in [-0.4, -0.2) is 27.6 Å². The third kappa shape index (κ3) is 3.51. The first kappa shape index (κ1) is 20.3. The van der Waals surface area contributed by atoms with Gasteiger partial charge in [0, 0.05) is 22.3 Å². The zero-order chi connectivity index (χ0) is 21.3. The van der Waals surface area contributed by atoms with Crippen molar-refractivity contribution in [3.63, 3.8) is 0 Å². The number of rotatable bonds is 5. The van der Waals surface area contributed by atoms with E-state index in [2.05, 4.69) is 0 Å². The molecule has 0 unspecified atom stereocenters. The van der Waals surface area contributed by atoms with Crippen molar-refractivity contribution >= 4 is 38.8 Å². The minimum atomic E-state index is -3.97. The summed E-state index contributed by atoms with van der Waals surface area (Å²) in [6.45, 7) is 0. The van der Waals surface area contributed by atoms with Crippen LogP contribution in [0.4, 0.5) is 11.4 Å². The number of para-hydroxylation sites is 1. The third-order valence-electron chi connectivity index (χ3n) is 4.86. The van der Waals surface area contributed by atoms with Gasteiger partial charge in [0.1, 0.15) is 10.7 Å². The molecule has 3 aromatic rings. The van der Waals surface area contributed by atoms with Crippen LogP contribution in [0.15, 0.2) is 93.7 Å². The van der Waals surface area contributed by atoms with E-state index in [1.54, 1.807) is 59.1 Å². The predicted octanol–water partition coefficient (Wildman–Crippen LogP) is 5.07. The molecule has 0 aromatic heterocycles. The maximum absolute atomic E-state index is 13.3. The molecule has 30 heavy (non-hydrogen) atoms. The normalized spacial score (nSPS) is 14.6. The Labute approximate surface area is 179 Å². The molecule has 0 radical (unpaired) electrons. The van der Waals surface area contributed by atoms with Crippen LogP contribution in [0, 0.1) is 0 Å². The second-order valence-corrected chi connectivity index (χ2v) is 9.36. The fourth-order valence-corrected chi connectivity index (χ4v) is 5.29. The molecule has 1 aliphatic rings. The number of hydrogen-bond acceptors (Lipinski definition) is 6. The summed E-state index contributed by atoms with van der Waals surface area (Å²) in [5.74, 6) is 0.0334. The number of ether oxygens (including phenoxy) is 1. The van der Waals surface area contributed by atoms with E-state index in [0.29, 0.717) is 11.4 Å². The number of carbonyl (C=O) groups excluding carboxylic acids is 1. The molecule has 1 aliphatic heterocycles. The van der Waals surface area contributed by atoms with E-state index < -0.39 is 15.6 Å². The Morgan fingerprint density at radius 3 is 2.40 bits per heavy atom. The van der Waals surface area contributed by atoms with Crippen molar-refractivity contribution < 1.29 is 17.9 Å². The molecule has 1 heterocycles. The maximum Gasteiger partial charge on any atom is 0.214 e. The largest absolute Gasteiger partial charge is 0.497 e. The van der Waals surface area contributed by atoms with Crippen LogP contribution in [-0.2, 0) is 9.84 Å². The Bertz CT molecular complexity index is 1250. The summed E-state index contributed by atoms with van der Waals surface area (Å²) in [6.07, 6.45) is 3.39. The highest BCUT2D eigenvalue weighted by molar-refractivity contribution is 7.98. The SMILES string of the molecule is COc1ccc(C(=O)C2=CN(c3cccc(SC)c3)c3ccccc3S2(=O)=O)cc1. The number of fused-ring (bicyclic) bond motifs is 1. The summed E-state index contributed by atoms with van der Waals surface area (Å²) in [5, 5.41) is 0. The van der Waals surface area contributed by atoms with Gasteiger partial charge >= 0.3 is 0 Å². The van der Waals surface area contributed by atoms with E-state index >= 15 is 0 Å². The van der Waals surface area contributed by atoms with Gasteiger partial charge in [0.05, 0.1) is 17.7 Å². The Hall–Kier alpha value is -3.03. The monoisotopic (exact) mass is 437 g/mol. The number of methoxy groups -OCH3 is 1. The van der Waals surface area contributed by atoms with Crippen LogP contribution in [0.2, 0.25) is 0 Å². The molecule has 0 bridgehead atoms. The van der Waals surface area contributed by atoms with Gasteiger partial charge in [0.25, 0.3) is 0 Å². The van der Waals surface area contributed by atoms with Gasteiger partial charge in [-0.25, -0.2) is 8.42 Å². The minimum absolute atomic E-state index is 0.110. The van der Waals surface area contributed by atoms with Gasteiger partial charge in [-0.2, -0.15) is 0 Å². The fourth-order valence-electron chi connectivity index (χ4n) is 3.30. The highest BCUT2D eigenvalue weighted by Crippen LogP contribution is 2.41. The fraction of sp³-hybridized carbons (Fsp3) is 0.0870. The number of hydrogen-bond donors (Lipinski definition) is 0. The molecule has 5 nitrogen and oxygen atoms in total. The van der Waals surface area contributed by atoms with E-state index in [9.17, 15) is 13.2 Å². The van der Waals surface area contributed by atoms with Crippen molar-refractivity contribution in [3.05, 3.63) is 89.5 Å². The quantitative estimate of drug-likeness (QED) is 0.410. The lowest BCUT2D eigenvalue weighted by atomic mass is 10.1. The number of benzene rings is 3. The summed E-state index contributed by atoms with van der Waals surface area (Å²) in [6, 6.07) is 20.9. The predicted molar refractivity (Wildman–Crippen MR) is 119 cm³/mol. The van der Waals surface area contributed by atoms with Gasteiger partial charge in [-0.3, -0.25) is 4.79 Å². The molecule has 0 amide bonds. The number of sulfone groups is 1. The van der Waals surface area contributed by atoms with Gasteiger partial charge < -0.3 is 9.64 Å². The first-order valence-corrected chi connectivity index (χ1v) is 11.8. The number of ketones is 1. The topological polar surface area (TPSA) is 63.7 Å². The lowest BCUT2D eigenvalue weighted by molar-refractivity contribution is 0.104. The molecule has 0 saturated carbocycles. The van der Waals surface area contributed by atoms with Crippen LogP contribution in [0.3, 0.4) is 0 Å². The number of allylic oxidation sites excluding steroid dienone is 1. The number of Topliss-reactive ketones (excluding diaryl/α,β-unsaturated/α-hetero) is 1. The molecular formula is C23H19NO4S2. The Kier molecular flexibility index (Phi) is 5.40. The molecule has 0 N–H and O–H groups in total. The summed E-state index contributed by atoms with van der Waals surface area (Å²) < 4.78 is 31.7. The van der Waals surface area contributed by atoms with Crippen LogP contribution < -0.4 is 9.64 Å². The molecule has 0 fully saturated rings. The van der Waals surface area contributed by atoms with E-state index in [-0.39, 0.29) is 15.4 Å². The highest BCUT2D eigenvalue weighted by atomic mass is 32.2. The van der Waals surface area contributed by atoms with Crippen LogP contribution >= 0.6 is 11.8 Å². The Morgan fingerprint density at radius 2 is 1.70 bits per heavy atom. The van der Waals surface area contributed by atoms with Crippen molar-refractivity contribution in [2.45, 2.75) is 9.79 Å². The van der Waals surface area contributed by atoms with Crippen LogP contribution in [0.5, 0.6) is 5.75 Å². The van der Waals surface area contributed by atoms with E-state index in [1.807, 2.05) is 30.5 Å². The van der Waals surface area contributed by atoms with Gasteiger partial charge in [0.2, 0.25) is 15.6 Å². The smallest absolute Gasteiger partial charge is 0.214 e. The first-order valence-electron chi connectivity index (χ1n) is 9.13. The van der Waals surface area contributed by atoms with Crippen LogP contribution in [0.1, 0.15) is 10.4 Å². The molecule has 0 saturated heterocycles. The van der Waals surface area contributed by atoms with Gasteiger partial charge in [-0.1, -0.05) is 18.2 Å². The number of thioether (sulfide) groups is 1. The molecule has 7 heteroatoms. The highest BCUT2D eigenvalue weighted by Gasteiger charge is 2.36. The van der Waals surface area contributed by atoms with Crippen LogP contribution in [0.25, 0.3) is 0 Å². The van der Waals surface area contributed by atoms with Gasteiger partial charge in [-0.05, 0) is 60.9 Å². The molecule has 3 aromatic carbocycles. The summed E-state index contributed by atoms with van der Waals surface area (Å²) in [5.41, 5.74) is 1.58. The second-order valence-electron chi connectivity index (χ2n) is 6.59. The molecule has 152 valence electrons. The van der Waals surface area contributed by atoms with E-state index in [0.717, 1.165) is 10.6 Å². The lowest BCUT2D eigenvalue weighted by Gasteiger charge is -2.29. The molecular weight excluding hydrogens is 418 g/mol. The maximum atomic E-state index is 13.3. The van der Waals surface area contributed by atoms with Crippen molar-refractivity contribution in [1.82, 2.24) is 0 Å². The van der Waals surface area contributed by atoms with Crippen molar-refractivity contribution in [3.8, 4) is 5.75 Å². The summed E-state index contributed by atoms with van der Waals surface area (Å²) in [4.78, 5) is 15.8. The number of anilines is 2. The van der Waals surface area contributed by atoms with Crippen molar-refractivity contribution in [2.24, 2.45) is 0 Å². The average Bonchev–Trinajstić information content (AvgIpc) is 2.79. The number of nitrogens with zero attached hydrogens (tertiary/aromatic N) is 1. The van der Waals surface area contributed by atoms with E-state index in [1.165, 1.54) is 19.4 Å². The zero-order valence-electron chi connectivity index (χ0n) is 16.4. The standard InChI is InChI=1S/C23H19NO4S2/c1-28-18-12-10-16(11-13-18)23(25)22-15-24(17-6-5-7-19(14-17)29-2)20-8-3-4-9-21(20)30(22,26)27/h3-15H,1-2H3. The summed E-state index contributed by atoms with van der Waals surface area (Å²) in [7, 11) is -2.44. The van der Waals surface area contributed by atoms with Crippen molar-refractivity contribution in [2.75, 3.05) is 18.3 Å². The molecule has 0 aliphatic carbocycles. The molecule has 0 atom stereocenters. The van der Waals surface area contributed by atoms with Gasteiger partial charge in [0.15, 0.2) is 0 Å². The van der Waals surface area contributed by atoms with E-state index in [4.69, 9.17) is 4.74 Å². The third-order valence-corrected chi connectivity index (χ3v) is 7.38. The Morgan fingerprint density at radius 1 is 0.967 bits per heavy atom. The molecule has 0 spiro atoms. The average molecular weight is 438 g/mol. The zero-order valence-corrected chi connectivity index (χ0v) is 18.0. The lowest BCUT2D eigenvalue weighted by Crippen LogP contribution is -2.25. The van der Waals surface area contributed by atoms with Gasteiger partial charge in [-0.15, -0.1) is 11.8 Å². The second kappa shape index (κ2) is 8.01. The first-order chi connectivity index (χ1) is 14.5.